The lowest BCUT2D eigenvalue weighted by Crippen LogP contribution is -2.14. The molecule has 1 heterocycles. The summed E-state index contributed by atoms with van der Waals surface area (Å²) in [7, 11) is 0. The summed E-state index contributed by atoms with van der Waals surface area (Å²) >= 11 is 0. The van der Waals surface area contributed by atoms with E-state index in [1.54, 1.807) is 0 Å². The van der Waals surface area contributed by atoms with Crippen molar-refractivity contribution in [3.05, 3.63) is 47.8 Å². The Morgan fingerprint density at radius 2 is 1.32 bits per heavy atom. The molecule has 1 aromatic heterocycles. The molecule has 0 bridgehead atoms. The van der Waals surface area contributed by atoms with Gasteiger partial charge in [0.1, 0.15) is 5.82 Å². The highest BCUT2D eigenvalue weighted by Gasteiger charge is 2.18. The molecule has 3 rings (SSSR count). The van der Waals surface area contributed by atoms with Crippen molar-refractivity contribution in [2.75, 3.05) is 26.4 Å². The van der Waals surface area contributed by atoms with E-state index in [4.69, 9.17) is 24.7 Å². The number of hydrogen-bond acceptors (Lipinski definition) is 7. The Balaban J connectivity index is 1.86. The van der Waals surface area contributed by atoms with Crippen LogP contribution in [-0.2, 0) is 0 Å². The van der Waals surface area contributed by atoms with Crippen molar-refractivity contribution in [3.63, 3.8) is 0 Å². The van der Waals surface area contributed by atoms with Gasteiger partial charge in [-0.15, -0.1) is 0 Å². The first kappa shape index (κ1) is 22.4. The predicted molar refractivity (Wildman–Crippen MR) is 119 cm³/mol. The largest absolute Gasteiger partial charge is 0.490 e. The first-order valence-corrected chi connectivity index (χ1v) is 10.6. The molecule has 8 nitrogen and oxygen atoms in total. The SMILES string of the molecule is CCOc1ccc(-c2n[nH]c(C(N)c3ccc(OCC)c(OCC)c3)n2)cc1OCC. The number of aromatic nitrogens is 3. The van der Waals surface area contributed by atoms with E-state index in [9.17, 15) is 0 Å². The molecule has 0 aliphatic rings. The molecule has 0 aliphatic heterocycles. The molecular formula is C23H30N4O4. The lowest BCUT2D eigenvalue weighted by Gasteiger charge is -2.15. The van der Waals surface area contributed by atoms with Crippen molar-refractivity contribution in [2.24, 2.45) is 5.73 Å². The maximum atomic E-state index is 6.46. The van der Waals surface area contributed by atoms with Crippen molar-refractivity contribution < 1.29 is 18.9 Å². The van der Waals surface area contributed by atoms with Crippen LogP contribution >= 0.6 is 0 Å². The van der Waals surface area contributed by atoms with E-state index >= 15 is 0 Å². The van der Waals surface area contributed by atoms with Crippen LogP contribution in [-0.4, -0.2) is 41.6 Å². The zero-order chi connectivity index (χ0) is 22.2. The van der Waals surface area contributed by atoms with Gasteiger partial charge in [0, 0.05) is 5.56 Å². The molecule has 31 heavy (non-hydrogen) atoms. The number of nitrogens with two attached hydrogens (primary N) is 1. The lowest BCUT2D eigenvalue weighted by atomic mass is 10.1. The molecule has 0 aliphatic carbocycles. The van der Waals surface area contributed by atoms with Crippen LogP contribution in [0, 0.1) is 0 Å². The third kappa shape index (κ3) is 5.27. The van der Waals surface area contributed by atoms with Crippen molar-refractivity contribution in [1.82, 2.24) is 15.2 Å². The second-order valence-electron chi connectivity index (χ2n) is 6.62. The highest BCUT2D eigenvalue weighted by molar-refractivity contribution is 5.61. The van der Waals surface area contributed by atoms with Crippen molar-refractivity contribution in [2.45, 2.75) is 33.7 Å². The molecule has 3 aromatic rings. The van der Waals surface area contributed by atoms with Gasteiger partial charge in [0.15, 0.2) is 28.8 Å². The van der Waals surface area contributed by atoms with Crippen LogP contribution in [0.25, 0.3) is 11.4 Å². The molecule has 8 heteroatoms. The van der Waals surface area contributed by atoms with Crippen LogP contribution in [0.15, 0.2) is 36.4 Å². The molecule has 0 spiro atoms. The summed E-state index contributed by atoms with van der Waals surface area (Å²) in [4.78, 5) is 4.61. The Labute approximate surface area is 182 Å². The standard InChI is InChI=1S/C23H30N4O4/c1-5-28-17-11-9-15(13-19(17)30-7-3)21(24)23-25-22(26-27-23)16-10-12-18(29-6-2)20(14-16)31-8-4/h9-14,21H,5-8,24H2,1-4H3,(H,25,26,27). The fraction of sp³-hybridized carbons (Fsp3) is 0.391. The molecule has 3 N–H and O–H groups in total. The quantitative estimate of drug-likeness (QED) is 0.475. The number of H-pyrrole nitrogens is 1. The topological polar surface area (TPSA) is 105 Å². The number of rotatable bonds is 11. The molecule has 1 atom stereocenters. The minimum absolute atomic E-state index is 0.495. The molecule has 1 unspecified atom stereocenters. The first-order valence-electron chi connectivity index (χ1n) is 10.6. The van der Waals surface area contributed by atoms with Gasteiger partial charge in [-0.25, -0.2) is 4.98 Å². The van der Waals surface area contributed by atoms with E-state index in [-0.39, 0.29) is 0 Å². The second kappa shape index (κ2) is 10.7. The highest BCUT2D eigenvalue weighted by Crippen LogP contribution is 2.33. The molecular weight excluding hydrogens is 396 g/mol. The highest BCUT2D eigenvalue weighted by atomic mass is 16.5. The van der Waals surface area contributed by atoms with Crippen LogP contribution in [0.5, 0.6) is 23.0 Å². The Morgan fingerprint density at radius 1 is 0.774 bits per heavy atom. The van der Waals surface area contributed by atoms with Crippen molar-refractivity contribution >= 4 is 0 Å². The number of benzene rings is 2. The number of nitrogens with zero attached hydrogens (tertiary/aromatic N) is 2. The zero-order valence-corrected chi connectivity index (χ0v) is 18.5. The van der Waals surface area contributed by atoms with Crippen molar-refractivity contribution in [1.29, 1.82) is 0 Å². The fourth-order valence-electron chi connectivity index (χ4n) is 3.15. The number of aromatic amines is 1. The van der Waals surface area contributed by atoms with E-state index < -0.39 is 6.04 Å². The average Bonchev–Trinajstić information content (AvgIpc) is 3.26. The Bertz CT molecular complexity index is 989. The van der Waals surface area contributed by atoms with Gasteiger partial charge in [-0.1, -0.05) is 6.07 Å². The fourth-order valence-corrected chi connectivity index (χ4v) is 3.15. The summed E-state index contributed by atoms with van der Waals surface area (Å²) in [6.07, 6.45) is 0. The Hall–Kier alpha value is -3.26. The van der Waals surface area contributed by atoms with Crippen LogP contribution in [0.3, 0.4) is 0 Å². The molecule has 0 radical (unpaired) electrons. The van der Waals surface area contributed by atoms with Gasteiger partial charge >= 0.3 is 0 Å². The molecule has 166 valence electrons. The summed E-state index contributed by atoms with van der Waals surface area (Å²) in [5.74, 6) is 3.78. The van der Waals surface area contributed by atoms with Gasteiger partial charge in [-0.05, 0) is 63.6 Å². The van der Waals surface area contributed by atoms with Gasteiger partial charge in [-0.2, -0.15) is 5.10 Å². The smallest absolute Gasteiger partial charge is 0.181 e. The molecule has 0 saturated heterocycles. The number of ether oxygens (including phenoxy) is 4. The monoisotopic (exact) mass is 426 g/mol. The minimum Gasteiger partial charge on any atom is -0.490 e. The summed E-state index contributed by atoms with van der Waals surface area (Å²) in [6, 6.07) is 10.8. The van der Waals surface area contributed by atoms with Crippen LogP contribution < -0.4 is 24.7 Å². The molecule has 0 saturated carbocycles. The average molecular weight is 427 g/mol. The summed E-state index contributed by atoms with van der Waals surface area (Å²) in [6.45, 7) is 9.91. The zero-order valence-electron chi connectivity index (χ0n) is 18.5. The van der Waals surface area contributed by atoms with E-state index in [1.807, 2.05) is 64.1 Å². The van der Waals surface area contributed by atoms with Gasteiger partial charge < -0.3 is 24.7 Å². The molecule has 0 amide bonds. The maximum absolute atomic E-state index is 6.46. The van der Waals surface area contributed by atoms with Crippen LogP contribution in [0.1, 0.15) is 45.1 Å². The van der Waals surface area contributed by atoms with E-state index in [2.05, 4.69) is 15.2 Å². The van der Waals surface area contributed by atoms with E-state index in [0.29, 0.717) is 61.1 Å². The maximum Gasteiger partial charge on any atom is 0.181 e. The Morgan fingerprint density at radius 3 is 1.94 bits per heavy atom. The van der Waals surface area contributed by atoms with Crippen LogP contribution in [0.4, 0.5) is 0 Å². The third-order valence-electron chi connectivity index (χ3n) is 4.53. The summed E-state index contributed by atoms with van der Waals surface area (Å²) in [5.41, 5.74) is 8.12. The Kier molecular flexibility index (Phi) is 7.72. The van der Waals surface area contributed by atoms with Gasteiger partial charge in [-0.3, -0.25) is 5.10 Å². The van der Waals surface area contributed by atoms with Crippen LogP contribution in [0.2, 0.25) is 0 Å². The summed E-state index contributed by atoms with van der Waals surface area (Å²) in [5, 5.41) is 7.30. The minimum atomic E-state index is -0.495. The van der Waals surface area contributed by atoms with Crippen molar-refractivity contribution in [3.8, 4) is 34.4 Å². The lowest BCUT2D eigenvalue weighted by molar-refractivity contribution is 0.287. The number of nitrogens with one attached hydrogen (secondary N) is 1. The number of hydrogen-bond donors (Lipinski definition) is 2. The predicted octanol–water partition coefficient (Wildman–Crippen LogP) is 4.11. The van der Waals surface area contributed by atoms with Gasteiger partial charge in [0.25, 0.3) is 0 Å². The van der Waals surface area contributed by atoms with Gasteiger partial charge in [0.2, 0.25) is 0 Å². The normalized spacial score (nSPS) is 11.8. The van der Waals surface area contributed by atoms with Gasteiger partial charge in [0.05, 0.1) is 32.5 Å². The van der Waals surface area contributed by atoms with E-state index in [0.717, 1.165) is 11.1 Å². The second-order valence-corrected chi connectivity index (χ2v) is 6.62. The first-order chi connectivity index (χ1) is 15.1. The third-order valence-corrected chi connectivity index (χ3v) is 4.53. The molecule has 2 aromatic carbocycles. The van der Waals surface area contributed by atoms with E-state index in [1.165, 1.54) is 0 Å². The summed E-state index contributed by atoms with van der Waals surface area (Å²) < 4.78 is 22.7. The molecule has 0 fully saturated rings.